The number of ether oxygens (including phenoxy) is 1. The van der Waals surface area contributed by atoms with Gasteiger partial charge in [0, 0.05) is 0 Å². The lowest BCUT2D eigenvalue weighted by molar-refractivity contribution is -0.157. The maximum atomic E-state index is 11.7. The van der Waals surface area contributed by atoms with Gasteiger partial charge in [-0.3, -0.25) is 4.79 Å². The van der Waals surface area contributed by atoms with Crippen LogP contribution in [0.2, 0.25) is 0 Å². The van der Waals surface area contributed by atoms with Crippen molar-refractivity contribution in [3.8, 4) is 0 Å². The molecule has 0 aromatic heterocycles. The van der Waals surface area contributed by atoms with Gasteiger partial charge in [-0.25, -0.2) is 0 Å². The molecule has 1 aliphatic heterocycles. The third kappa shape index (κ3) is 4.94. The van der Waals surface area contributed by atoms with Crippen LogP contribution in [-0.2, 0) is 9.53 Å². The molecule has 4 heteroatoms. The van der Waals surface area contributed by atoms with Crippen LogP contribution in [0.1, 0.15) is 40.0 Å². The Morgan fingerprint density at radius 1 is 1.44 bits per heavy atom. The summed E-state index contributed by atoms with van der Waals surface area (Å²) < 4.78 is 5.26. The van der Waals surface area contributed by atoms with Gasteiger partial charge in [-0.05, 0) is 59.0 Å². The van der Waals surface area contributed by atoms with Gasteiger partial charge in [0.05, 0.1) is 0 Å². The van der Waals surface area contributed by atoms with Crippen LogP contribution < -0.4 is 11.1 Å². The lowest BCUT2D eigenvalue weighted by Gasteiger charge is -2.26. The van der Waals surface area contributed by atoms with E-state index in [-0.39, 0.29) is 5.97 Å². The highest BCUT2D eigenvalue weighted by Gasteiger charge is 2.25. The Hall–Kier alpha value is -0.610. The monoisotopic (exact) mass is 228 g/mol. The number of rotatable bonds is 3. The molecule has 1 atom stereocenters. The zero-order valence-electron chi connectivity index (χ0n) is 10.6. The Morgan fingerprint density at radius 3 is 2.50 bits per heavy atom. The van der Waals surface area contributed by atoms with E-state index < -0.39 is 11.6 Å². The van der Waals surface area contributed by atoms with Gasteiger partial charge >= 0.3 is 5.97 Å². The summed E-state index contributed by atoms with van der Waals surface area (Å²) in [7, 11) is 0. The van der Waals surface area contributed by atoms with Crippen molar-refractivity contribution in [2.45, 2.75) is 51.7 Å². The molecule has 0 bridgehead atoms. The number of esters is 1. The van der Waals surface area contributed by atoms with Crippen LogP contribution in [0.3, 0.4) is 0 Å². The van der Waals surface area contributed by atoms with E-state index in [0.717, 1.165) is 32.4 Å². The normalized spacial score (nSPS) is 20.5. The lowest BCUT2D eigenvalue weighted by Crippen LogP contribution is -2.40. The average molecular weight is 228 g/mol. The standard InChI is InChI=1S/C12H24N2O2/c1-12(2,3)16-11(15)10(13)8-9-4-6-14-7-5-9/h9-10,14H,4-8,13H2,1-3H3/t10-/m1/s1. The fraction of sp³-hybridized carbons (Fsp3) is 0.917. The molecule has 0 aromatic carbocycles. The van der Waals surface area contributed by atoms with E-state index in [1.54, 1.807) is 0 Å². The zero-order chi connectivity index (χ0) is 12.2. The van der Waals surface area contributed by atoms with Crippen molar-refractivity contribution in [3.05, 3.63) is 0 Å². The Labute approximate surface area is 97.9 Å². The fourth-order valence-electron chi connectivity index (χ4n) is 1.95. The molecule has 0 spiro atoms. The van der Waals surface area contributed by atoms with Crippen molar-refractivity contribution >= 4 is 5.97 Å². The first-order valence-electron chi connectivity index (χ1n) is 6.07. The maximum absolute atomic E-state index is 11.7. The first-order valence-corrected chi connectivity index (χ1v) is 6.07. The van der Waals surface area contributed by atoms with Crippen molar-refractivity contribution in [2.75, 3.05) is 13.1 Å². The summed E-state index contributed by atoms with van der Waals surface area (Å²) in [5.41, 5.74) is 5.42. The molecule has 1 heterocycles. The molecule has 94 valence electrons. The molecule has 1 saturated heterocycles. The summed E-state index contributed by atoms with van der Waals surface area (Å²) in [4.78, 5) is 11.7. The van der Waals surface area contributed by atoms with E-state index in [9.17, 15) is 4.79 Å². The second-order valence-electron chi connectivity index (χ2n) is 5.57. The molecular formula is C12H24N2O2. The van der Waals surface area contributed by atoms with E-state index in [1.165, 1.54) is 0 Å². The summed E-state index contributed by atoms with van der Waals surface area (Å²) in [6.07, 6.45) is 2.96. The number of piperidine rings is 1. The van der Waals surface area contributed by atoms with Gasteiger partial charge in [0.2, 0.25) is 0 Å². The predicted octanol–water partition coefficient (Wildman–Crippen LogP) is 1.05. The average Bonchev–Trinajstić information content (AvgIpc) is 2.16. The van der Waals surface area contributed by atoms with Crippen molar-refractivity contribution in [1.82, 2.24) is 5.32 Å². The van der Waals surface area contributed by atoms with Gasteiger partial charge in [0.15, 0.2) is 0 Å². The summed E-state index contributed by atoms with van der Waals surface area (Å²) in [5, 5.41) is 3.30. The van der Waals surface area contributed by atoms with Gasteiger partial charge < -0.3 is 15.8 Å². The first kappa shape index (κ1) is 13.5. The highest BCUT2D eigenvalue weighted by atomic mass is 16.6. The molecule has 1 fully saturated rings. The van der Waals surface area contributed by atoms with Crippen LogP contribution >= 0.6 is 0 Å². The Kier molecular flexibility index (Phi) is 4.74. The smallest absolute Gasteiger partial charge is 0.323 e. The molecule has 0 unspecified atom stereocenters. The minimum atomic E-state index is -0.470. The number of hydrogen-bond acceptors (Lipinski definition) is 4. The summed E-state index contributed by atoms with van der Waals surface area (Å²) in [5.74, 6) is 0.287. The molecule has 0 radical (unpaired) electrons. The van der Waals surface area contributed by atoms with E-state index in [4.69, 9.17) is 10.5 Å². The Bertz CT molecular complexity index is 230. The van der Waals surface area contributed by atoms with Crippen molar-refractivity contribution < 1.29 is 9.53 Å². The van der Waals surface area contributed by atoms with Gasteiger partial charge in [-0.2, -0.15) is 0 Å². The topological polar surface area (TPSA) is 64.3 Å². The molecule has 0 aliphatic carbocycles. The summed E-state index contributed by atoms with van der Waals surface area (Å²) in [6.45, 7) is 7.66. The number of carbonyl (C=O) groups excluding carboxylic acids is 1. The van der Waals surface area contributed by atoms with Gasteiger partial charge in [-0.15, -0.1) is 0 Å². The largest absolute Gasteiger partial charge is 0.459 e. The second-order valence-corrected chi connectivity index (χ2v) is 5.57. The van der Waals surface area contributed by atoms with Crippen molar-refractivity contribution in [3.63, 3.8) is 0 Å². The Morgan fingerprint density at radius 2 is 2.00 bits per heavy atom. The highest BCUT2D eigenvalue weighted by Crippen LogP contribution is 2.18. The minimum Gasteiger partial charge on any atom is -0.459 e. The molecule has 4 nitrogen and oxygen atoms in total. The molecular weight excluding hydrogens is 204 g/mol. The van der Waals surface area contributed by atoms with E-state index in [0.29, 0.717) is 5.92 Å². The van der Waals surface area contributed by atoms with E-state index in [2.05, 4.69) is 5.32 Å². The first-order chi connectivity index (χ1) is 7.38. The number of nitrogens with two attached hydrogens (primary N) is 1. The molecule has 0 aromatic rings. The quantitative estimate of drug-likeness (QED) is 0.709. The predicted molar refractivity (Wildman–Crippen MR) is 64.0 cm³/mol. The number of hydrogen-bond donors (Lipinski definition) is 2. The molecule has 0 amide bonds. The number of carbonyl (C=O) groups is 1. The highest BCUT2D eigenvalue weighted by molar-refractivity contribution is 5.75. The summed E-state index contributed by atoms with van der Waals surface area (Å²) >= 11 is 0. The third-order valence-corrected chi connectivity index (χ3v) is 2.76. The van der Waals surface area contributed by atoms with Crippen LogP contribution in [0.25, 0.3) is 0 Å². The molecule has 3 N–H and O–H groups in total. The fourth-order valence-corrected chi connectivity index (χ4v) is 1.95. The van der Waals surface area contributed by atoms with Gasteiger partial charge in [-0.1, -0.05) is 0 Å². The van der Waals surface area contributed by atoms with Crippen molar-refractivity contribution in [1.29, 1.82) is 0 Å². The van der Waals surface area contributed by atoms with Crippen LogP contribution in [0.15, 0.2) is 0 Å². The van der Waals surface area contributed by atoms with Crippen LogP contribution in [-0.4, -0.2) is 30.7 Å². The molecule has 1 aliphatic rings. The third-order valence-electron chi connectivity index (χ3n) is 2.76. The van der Waals surface area contributed by atoms with E-state index in [1.807, 2.05) is 20.8 Å². The molecule has 16 heavy (non-hydrogen) atoms. The second kappa shape index (κ2) is 5.64. The van der Waals surface area contributed by atoms with E-state index >= 15 is 0 Å². The van der Waals surface area contributed by atoms with Crippen molar-refractivity contribution in [2.24, 2.45) is 11.7 Å². The number of nitrogens with one attached hydrogen (secondary N) is 1. The molecule has 0 saturated carbocycles. The maximum Gasteiger partial charge on any atom is 0.323 e. The van der Waals surface area contributed by atoms with Crippen LogP contribution in [0, 0.1) is 5.92 Å². The summed E-state index contributed by atoms with van der Waals surface area (Å²) in [6, 6.07) is -0.470. The molecule has 1 rings (SSSR count). The lowest BCUT2D eigenvalue weighted by atomic mass is 9.91. The van der Waals surface area contributed by atoms with Crippen LogP contribution in [0.5, 0.6) is 0 Å². The van der Waals surface area contributed by atoms with Gasteiger partial charge in [0.1, 0.15) is 11.6 Å². The van der Waals surface area contributed by atoms with Gasteiger partial charge in [0.25, 0.3) is 0 Å². The minimum absolute atomic E-state index is 0.272. The van der Waals surface area contributed by atoms with Crippen LogP contribution in [0.4, 0.5) is 0 Å². The zero-order valence-corrected chi connectivity index (χ0v) is 10.6. The SMILES string of the molecule is CC(C)(C)OC(=O)[C@H](N)CC1CCNCC1. The Balaban J connectivity index is 2.33.